The van der Waals surface area contributed by atoms with Crippen molar-refractivity contribution in [1.82, 2.24) is 30.0 Å². The summed E-state index contributed by atoms with van der Waals surface area (Å²) in [6.07, 6.45) is 4.50. The molecule has 3 heterocycles. The molecule has 1 aliphatic rings. The first-order chi connectivity index (χ1) is 18.5. The topological polar surface area (TPSA) is 128 Å². The van der Waals surface area contributed by atoms with Crippen LogP contribution in [0.25, 0.3) is 22.3 Å². The number of aromatic nitrogens is 4. The van der Waals surface area contributed by atoms with E-state index in [1.807, 2.05) is 35.0 Å². The van der Waals surface area contributed by atoms with Gasteiger partial charge in [0, 0.05) is 25.2 Å². The maximum absolute atomic E-state index is 12.6. The number of nitrogens with one attached hydrogen (secondary N) is 1. The Kier molecular flexibility index (Phi) is 7.03. The number of piperidine rings is 1. The number of carbonyl (C=O) groups is 2. The Morgan fingerprint density at radius 3 is 2.74 bits per heavy atom. The molecule has 0 spiro atoms. The number of nitrogens with zero attached hydrogens (tertiary/aromatic N) is 5. The maximum atomic E-state index is 12.6. The lowest BCUT2D eigenvalue weighted by atomic mass is 10.1. The van der Waals surface area contributed by atoms with Gasteiger partial charge in [-0.2, -0.15) is 5.10 Å². The van der Waals surface area contributed by atoms with Crippen LogP contribution in [0.5, 0.6) is 5.75 Å². The first-order valence-corrected chi connectivity index (χ1v) is 12.4. The molecule has 2 amide bonds. The molecular weight excluding hydrogens is 482 g/mol. The van der Waals surface area contributed by atoms with E-state index in [9.17, 15) is 9.59 Å². The lowest BCUT2D eigenvalue weighted by Gasteiger charge is -2.32. The molecule has 2 aromatic carbocycles. The van der Waals surface area contributed by atoms with Crippen molar-refractivity contribution in [3.05, 3.63) is 78.6 Å². The third-order valence-electron chi connectivity index (χ3n) is 6.78. The van der Waals surface area contributed by atoms with Crippen molar-refractivity contribution in [2.45, 2.75) is 25.4 Å². The van der Waals surface area contributed by atoms with Gasteiger partial charge in [-0.05, 0) is 36.6 Å². The largest absolute Gasteiger partial charge is 0.496 e. The Labute approximate surface area is 220 Å². The second-order valence-corrected chi connectivity index (χ2v) is 9.12. The molecule has 1 fully saturated rings. The second-order valence-electron chi connectivity index (χ2n) is 9.12. The minimum Gasteiger partial charge on any atom is -0.496 e. The maximum Gasteiger partial charge on any atom is 0.255 e. The Balaban J connectivity index is 1.39. The van der Waals surface area contributed by atoms with Crippen LogP contribution in [0.3, 0.4) is 0 Å². The molecule has 0 aliphatic carbocycles. The van der Waals surface area contributed by atoms with Crippen LogP contribution in [0.4, 0.5) is 5.82 Å². The van der Waals surface area contributed by atoms with Gasteiger partial charge in [0.2, 0.25) is 5.91 Å². The molecule has 0 radical (unpaired) electrons. The third kappa shape index (κ3) is 4.80. The van der Waals surface area contributed by atoms with Gasteiger partial charge in [0.1, 0.15) is 23.6 Å². The van der Waals surface area contributed by atoms with E-state index in [-0.39, 0.29) is 17.9 Å². The van der Waals surface area contributed by atoms with Crippen LogP contribution in [-0.4, -0.2) is 56.7 Å². The molecule has 38 heavy (non-hydrogen) atoms. The molecule has 1 saturated heterocycles. The number of amides is 2. The lowest BCUT2D eigenvalue weighted by molar-refractivity contribution is -0.127. The van der Waals surface area contributed by atoms with Gasteiger partial charge < -0.3 is 20.7 Å². The fourth-order valence-electron chi connectivity index (χ4n) is 4.83. The summed E-state index contributed by atoms with van der Waals surface area (Å²) in [5.74, 6) is 0.573. The predicted molar refractivity (Wildman–Crippen MR) is 144 cm³/mol. The zero-order valence-corrected chi connectivity index (χ0v) is 21.1. The van der Waals surface area contributed by atoms with Gasteiger partial charge >= 0.3 is 0 Å². The van der Waals surface area contributed by atoms with Crippen LogP contribution in [0.1, 0.15) is 34.8 Å². The van der Waals surface area contributed by atoms with Gasteiger partial charge in [0.25, 0.3) is 5.91 Å². The summed E-state index contributed by atoms with van der Waals surface area (Å²) in [4.78, 5) is 35.3. The quantitative estimate of drug-likeness (QED) is 0.364. The van der Waals surface area contributed by atoms with E-state index in [1.54, 1.807) is 30.2 Å². The van der Waals surface area contributed by atoms with Crippen LogP contribution in [0, 0.1) is 0 Å². The van der Waals surface area contributed by atoms with Crippen LogP contribution in [0.2, 0.25) is 0 Å². The zero-order valence-electron chi connectivity index (χ0n) is 21.1. The van der Waals surface area contributed by atoms with E-state index >= 15 is 0 Å². The number of para-hydroxylation sites is 1. The van der Waals surface area contributed by atoms with E-state index in [0.717, 1.165) is 24.0 Å². The van der Waals surface area contributed by atoms with Crippen molar-refractivity contribution in [3.63, 3.8) is 0 Å². The summed E-state index contributed by atoms with van der Waals surface area (Å²) in [7, 11) is 1.54. The lowest BCUT2D eigenvalue weighted by Crippen LogP contribution is -2.40. The number of nitrogens with two attached hydrogens (primary N) is 1. The van der Waals surface area contributed by atoms with E-state index in [2.05, 4.69) is 21.9 Å². The highest BCUT2D eigenvalue weighted by Gasteiger charge is 2.28. The molecule has 1 atom stereocenters. The Hall–Kier alpha value is -4.73. The number of nitrogen functional groups attached to an aromatic ring is 1. The van der Waals surface area contributed by atoms with Gasteiger partial charge in [0.05, 0.1) is 24.1 Å². The molecule has 194 valence electrons. The first kappa shape index (κ1) is 24.9. The molecule has 1 unspecified atom stereocenters. The zero-order chi connectivity index (χ0) is 26.6. The monoisotopic (exact) mass is 511 g/mol. The second kappa shape index (κ2) is 10.7. The smallest absolute Gasteiger partial charge is 0.255 e. The standard InChI is InChI=1S/C28H29N7O3/c1-3-23(36)34-14-6-7-20(16-34)35-27-24(26(29)31-17-32-27)25(33-35)19-12-10-18(11-13-19)15-30-28(37)21-8-4-5-9-22(21)38-2/h3-5,8-13,17,20H,1,6-7,14-16H2,2H3,(H,30,37)(H2,29,31,32). The number of hydrogen-bond donors (Lipinski definition) is 2. The van der Waals surface area contributed by atoms with Crippen molar-refractivity contribution < 1.29 is 14.3 Å². The van der Waals surface area contributed by atoms with Gasteiger partial charge in [-0.15, -0.1) is 0 Å². The van der Waals surface area contributed by atoms with Crippen molar-refractivity contribution >= 4 is 28.7 Å². The summed E-state index contributed by atoms with van der Waals surface area (Å²) >= 11 is 0. The summed E-state index contributed by atoms with van der Waals surface area (Å²) < 4.78 is 7.15. The molecular formula is C28H29N7O3. The summed E-state index contributed by atoms with van der Waals surface area (Å²) in [5.41, 5.74) is 9.86. The molecule has 5 rings (SSSR count). The number of likely N-dealkylation sites (tertiary alicyclic amines) is 1. The Morgan fingerprint density at radius 1 is 1.18 bits per heavy atom. The Morgan fingerprint density at radius 2 is 1.97 bits per heavy atom. The minimum atomic E-state index is -0.211. The number of ether oxygens (including phenoxy) is 1. The van der Waals surface area contributed by atoms with E-state index in [0.29, 0.717) is 53.5 Å². The molecule has 0 bridgehead atoms. The third-order valence-corrected chi connectivity index (χ3v) is 6.78. The molecule has 10 nitrogen and oxygen atoms in total. The normalized spacial score (nSPS) is 15.3. The van der Waals surface area contributed by atoms with Crippen LogP contribution in [-0.2, 0) is 11.3 Å². The number of anilines is 1. The average molecular weight is 512 g/mol. The highest BCUT2D eigenvalue weighted by Crippen LogP contribution is 2.34. The molecule has 2 aromatic heterocycles. The van der Waals surface area contributed by atoms with Crippen molar-refractivity contribution in [2.75, 3.05) is 25.9 Å². The predicted octanol–water partition coefficient (Wildman–Crippen LogP) is 3.36. The van der Waals surface area contributed by atoms with Crippen molar-refractivity contribution in [3.8, 4) is 17.0 Å². The van der Waals surface area contributed by atoms with Gasteiger partial charge in [-0.3, -0.25) is 9.59 Å². The van der Waals surface area contributed by atoms with Crippen LogP contribution >= 0.6 is 0 Å². The van der Waals surface area contributed by atoms with E-state index in [4.69, 9.17) is 15.6 Å². The average Bonchev–Trinajstić information content (AvgIpc) is 3.37. The molecule has 4 aromatic rings. The van der Waals surface area contributed by atoms with Crippen molar-refractivity contribution in [1.29, 1.82) is 0 Å². The van der Waals surface area contributed by atoms with Gasteiger partial charge in [-0.25, -0.2) is 14.6 Å². The molecule has 3 N–H and O–H groups in total. The highest BCUT2D eigenvalue weighted by atomic mass is 16.5. The number of fused-ring (bicyclic) bond motifs is 1. The van der Waals surface area contributed by atoms with Crippen LogP contribution < -0.4 is 15.8 Å². The number of rotatable bonds is 7. The Bertz CT molecular complexity index is 1500. The number of hydrogen-bond acceptors (Lipinski definition) is 7. The SMILES string of the molecule is C=CC(=O)N1CCCC(n2nc(-c3ccc(CNC(=O)c4ccccc4OC)cc3)c3c(N)ncnc32)C1. The number of benzene rings is 2. The number of carbonyl (C=O) groups excluding carboxylic acids is 2. The fraction of sp³-hybridized carbons (Fsp3) is 0.250. The van der Waals surface area contributed by atoms with Crippen LogP contribution in [0.15, 0.2) is 67.5 Å². The van der Waals surface area contributed by atoms with Gasteiger partial charge in [0.15, 0.2) is 5.65 Å². The summed E-state index contributed by atoms with van der Waals surface area (Å²) in [6.45, 7) is 5.18. The fourth-order valence-corrected chi connectivity index (χ4v) is 4.83. The molecule has 1 aliphatic heterocycles. The highest BCUT2D eigenvalue weighted by molar-refractivity contribution is 5.98. The number of methoxy groups -OCH3 is 1. The van der Waals surface area contributed by atoms with E-state index in [1.165, 1.54) is 12.4 Å². The van der Waals surface area contributed by atoms with Gasteiger partial charge in [-0.1, -0.05) is 43.0 Å². The minimum absolute atomic E-state index is 0.0392. The first-order valence-electron chi connectivity index (χ1n) is 12.4. The summed E-state index contributed by atoms with van der Waals surface area (Å²) in [6, 6.07) is 14.8. The summed E-state index contributed by atoms with van der Waals surface area (Å²) in [5, 5.41) is 8.53. The van der Waals surface area contributed by atoms with Crippen molar-refractivity contribution in [2.24, 2.45) is 0 Å². The van der Waals surface area contributed by atoms with E-state index < -0.39 is 0 Å². The molecule has 0 saturated carbocycles. The molecule has 10 heteroatoms.